The molecule has 0 unspecified atom stereocenters. The van der Waals surface area contributed by atoms with Crippen LogP contribution in [0.15, 0.2) is 23.4 Å². The van der Waals surface area contributed by atoms with E-state index in [1.54, 1.807) is 0 Å². The lowest BCUT2D eigenvalue weighted by atomic mass is 10.1. The summed E-state index contributed by atoms with van der Waals surface area (Å²) in [6.45, 7) is 2.11. The van der Waals surface area contributed by atoms with Gasteiger partial charge in [-0.15, -0.1) is 0 Å². The first kappa shape index (κ1) is 7.69. The van der Waals surface area contributed by atoms with Crippen LogP contribution in [0.5, 0.6) is 0 Å². The van der Waals surface area contributed by atoms with E-state index in [0.29, 0.717) is 12.2 Å². The third kappa shape index (κ3) is 2.08. The van der Waals surface area contributed by atoms with E-state index in [1.807, 2.05) is 6.08 Å². The van der Waals surface area contributed by atoms with Crippen LogP contribution < -0.4 is 4.72 Å². The largest absolute Gasteiger partial charge is 0.312 e. The van der Waals surface area contributed by atoms with Crippen LogP contribution in [-0.4, -0.2) is 4.55 Å². The van der Waals surface area contributed by atoms with E-state index in [4.69, 9.17) is 4.55 Å². The van der Waals surface area contributed by atoms with Crippen LogP contribution in [0.2, 0.25) is 0 Å². The molecule has 56 valence electrons. The highest BCUT2D eigenvalue weighted by Gasteiger charge is 2.01. The Morgan fingerprint density at radius 2 is 2.30 bits per heavy atom. The maximum atomic E-state index is 8.43. The molecule has 2 nitrogen and oxygen atoms in total. The number of hydrogen-bond donors (Lipinski definition) is 2. The lowest BCUT2D eigenvalue weighted by Gasteiger charge is -2.10. The Labute approximate surface area is 65.4 Å². The summed E-state index contributed by atoms with van der Waals surface area (Å²) < 4.78 is 11.2. The number of allylic oxidation sites excluding steroid dienone is 4. The molecule has 0 heterocycles. The zero-order chi connectivity index (χ0) is 7.40. The first-order valence-corrected chi connectivity index (χ1v) is 4.03. The monoisotopic (exact) mass is 157 g/mol. The molecule has 0 fully saturated rings. The van der Waals surface area contributed by atoms with Gasteiger partial charge in [0.15, 0.2) is 0 Å². The molecule has 0 radical (unpaired) electrons. The Kier molecular flexibility index (Phi) is 2.83. The van der Waals surface area contributed by atoms with Crippen molar-refractivity contribution in [2.75, 3.05) is 0 Å². The Bertz CT molecular complexity index is 170. The molecular weight excluding hydrogens is 146 g/mol. The van der Waals surface area contributed by atoms with Crippen molar-refractivity contribution in [3.8, 4) is 0 Å². The minimum Gasteiger partial charge on any atom is -0.312 e. The molecule has 0 aromatic carbocycles. The molecule has 0 aromatic heterocycles. The fourth-order valence-corrected chi connectivity index (χ4v) is 1.17. The van der Waals surface area contributed by atoms with Crippen LogP contribution in [-0.2, 0) is 0 Å². The molecule has 0 aromatic rings. The Hall–Kier alpha value is -0.410. The van der Waals surface area contributed by atoms with Crippen molar-refractivity contribution >= 4 is 12.2 Å². The minimum absolute atomic E-state index is 0.662. The van der Waals surface area contributed by atoms with Crippen molar-refractivity contribution in [1.82, 2.24) is 4.72 Å². The van der Waals surface area contributed by atoms with Gasteiger partial charge >= 0.3 is 0 Å². The van der Waals surface area contributed by atoms with E-state index in [9.17, 15) is 0 Å². The average molecular weight is 157 g/mol. The fraction of sp³-hybridized carbons (Fsp3) is 0.429. The van der Waals surface area contributed by atoms with E-state index in [0.717, 1.165) is 18.5 Å². The second kappa shape index (κ2) is 3.68. The number of rotatable bonds is 2. The maximum absolute atomic E-state index is 8.43. The second-order valence-electron chi connectivity index (χ2n) is 2.40. The normalized spacial score (nSPS) is 17.8. The third-order valence-electron chi connectivity index (χ3n) is 1.53. The van der Waals surface area contributed by atoms with Gasteiger partial charge in [-0.3, -0.25) is 0 Å². The van der Waals surface area contributed by atoms with E-state index in [2.05, 4.69) is 17.7 Å². The highest BCUT2D eigenvalue weighted by Crippen LogP contribution is 2.16. The van der Waals surface area contributed by atoms with E-state index in [-0.39, 0.29) is 0 Å². The lowest BCUT2D eigenvalue weighted by molar-refractivity contribution is 0.654. The molecule has 1 rings (SSSR count). The smallest absolute Gasteiger partial charge is 0.108 e. The van der Waals surface area contributed by atoms with Gasteiger partial charge in [-0.05, 0) is 25.8 Å². The summed E-state index contributed by atoms with van der Waals surface area (Å²) in [4.78, 5) is 0. The molecule has 0 atom stereocenters. The van der Waals surface area contributed by atoms with Gasteiger partial charge in [0.1, 0.15) is 12.2 Å². The maximum Gasteiger partial charge on any atom is 0.108 e. The highest BCUT2D eigenvalue weighted by molar-refractivity contribution is 7.91. The van der Waals surface area contributed by atoms with E-state index in [1.165, 1.54) is 5.57 Å². The predicted octanol–water partition coefficient (Wildman–Crippen LogP) is 2.32. The molecule has 0 aliphatic heterocycles. The quantitative estimate of drug-likeness (QED) is 0.476. The first-order valence-electron chi connectivity index (χ1n) is 3.25. The van der Waals surface area contributed by atoms with Gasteiger partial charge in [0, 0.05) is 5.70 Å². The topological polar surface area (TPSA) is 32.3 Å². The minimum atomic E-state index is 0.662. The first-order chi connectivity index (χ1) is 4.83. The van der Waals surface area contributed by atoms with Crippen LogP contribution in [0.3, 0.4) is 0 Å². The molecule has 0 amide bonds. The highest BCUT2D eigenvalue weighted by atomic mass is 32.2. The summed E-state index contributed by atoms with van der Waals surface area (Å²) in [7, 11) is 0. The fourth-order valence-electron chi connectivity index (χ4n) is 0.885. The Morgan fingerprint density at radius 3 is 2.80 bits per heavy atom. The second-order valence-corrected chi connectivity index (χ2v) is 2.78. The molecule has 10 heavy (non-hydrogen) atoms. The zero-order valence-electron chi connectivity index (χ0n) is 5.92. The molecule has 0 spiro atoms. The third-order valence-corrected chi connectivity index (χ3v) is 1.89. The van der Waals surface area contributed by atoms with Crippen molar-refractivity contribution in [3.63, 3.8) is 0 Å². The van der Waals surface area contributed by atoms with Gasteiger partial charge in [0.25, 0.3) is 0 Å². The molecule has 0 saturated carbocycles. The summed E-state index contributed by atoms with van der Waals surface area (Å²) in [5, 5.41) is 0. The average Bonchev–Trinajstić information content (AvgIpc) is 1.95. The van der Waals surface area contributed by atoms with Gasteiger partial charge in [-0.1, -0.05) is 11.6 Å². The Balaban J connectivity index is 2.47. The number of nitrogens with one attached hydrogen (secondary N) is 1. The number of hydrogen-bond acceptors (Lipinski definition) is 3. The van der Waals surface area contributed by atoms with Crippen LogP contribution >= 0.6 is 12.2 Å². The molecular formula is C7H11NOS. The van der Waals surface area contributed by atoms with Crippen molar-refractivity contribution in [2.24, 2.45) is 0 Å². The summed E-state index contributed by atoms with van der Waals surface area (Å²) in [5.41, 5.74) is 2.49. The van der Waals surface area contributed by atoms with Crippen molar-refractivity contribution in [1.29, 1.82) is 0 Å². The summed E-state index contributed by atoms with van der Waals surface area (Å²) in [5.74, 6) is 0. The molecule has 1 aliphatic rings. The molecule has 3 heteroatoms. The van der Waals surface area contributed by atoms with Gasteiger partial charge in [0.2, 0.25) is 0 Å². The van der Waals surface area contributed by atoms with Gasteiger partial charge in [0.05, 0.1) is 0 Å². The van der Waals surface area contributed by atoms with Gasteiger partial charge in [-0.2, -0.15) is 0 Å². The molecule has 2 N–H and O–H groups in total. The van der Waals surface area contributed by atoms with Crippen LogP contribution in [0.4, 0.5) is 0 Å². The predicted molar refractivity (Wildman–Crippen MR) is 44.4 cm³/mol. The van der Waals surface area contributed by atoms with Crippen LogP contribution in [0.25, 0.3) is 0 Å². The summed E-state index contributed by atoms with van der Waals surface area (Å²) in [6.07, 6.45) is 6.18. The van der Waals surface area contributed by atoms with Crippen molar-refractivity contribution in [3.05, 3.63) is 23.4 Å². The van der Waals surface area contributed by atoms with E-state index < -0.39 is 0 Å². The summed E-state index contributed by atoms with van der Waals surface area (Å²) >= 11 is 0.662. The zero-order valence-corrected chi connectivity index (χ0v) is 6.74. The molecule has 0 saturated heterocycles. The van der Waals surface area contributed by atoms with Crippen LogP contribution in [0, 0.1) is 0 Å². The van der Waals surface area contributed by atoms with E-state index >= 15 is 0 Å². The lowest BCUT2D eigenvalue weighted by Crippen LogP contribution is -2.04. The van der Waals surface area contributed by atoms with Crippen molar-refractivity contribution < 1.29 is 4.55 Å². The van der Waals surface area contributed by atoms with Gasteiger partial charge < -0.3 is 9.27 Å². The Morgan fingerprint density at radius 1 is 1.50 bits per heavy atom. The van der Waals surface area contributed by atoms with Crippen molar-refractivity contribution in [2.45, 2.75) is 19.8 Å². The summed E-state index contributed by atoms with van der Waals surface area (Å²) in [6, 6.07) is 0. The molecule has 1 aliphatic carbocycles. The van der Waals surface area contributed by atoms with Gasteiger partial charge in [-0.25, -0.2) is 0 Å². The molecule has 0 bridgehead atoms. The SMILES string of the molecule is CC1=CC=C(NSO)CC1. The van der Waals surface area contributed by atoms with Crippen LogP contribution in [0.1, 0.15) is 19.8 Å². The standard InChI is InChI=1S/C7H11NOS/c1-6-2-4-7(5-3-6)8-10-9/h2,4,8-9H,3,5H2,1H3.